The summed E-state index contributed by atoms with van der Waals surface area (Å²) >= 11 is 0.952. The van der Waals surface area contributed by atoms with Crippen molar-refractivity contribution in [3.63, 3.8) is 0 Å². The number of carbonyl (C=O) groups is 1. The van der Waals surface area contributed by atoms with Gasteiger partial charge in [-0.2, -0.15) is 0 Å². The van der Waals surface area contributed by atoms with Gasteiger partial charge in [0.25, 0.3) is 0 Å². The second kappa shape index (κ2) is 4.44. The van der Waals surface area contributed by atoms with Crippen molar-refractivity contribution in [1.82, 2.24) is 9.59 Å². The molecule has 0 atom stereocenters. The van der Waals surface area contributed by atoms with Crippen LogP contribution in [-0.2, 0) is 6.42 Å². The van der Waals surface area contributed by atoms with E-state index in [0.29, 0.717) is 4.88 Å². The molecule has 0 radical (unpaired) electrons. The van der Waals surface area contributed by atoms with Gasteiger partial charge in [-0.3, -0.25) is 4.79 Å². The molecular formula is C10H6F2N2OS. The molecule has 0 aliphatic carbocycles. The van der Waals surface area contributed by atoms with E-state index in [2.05, 4.69) is 9.59 Å². The number of hydrogen-bond donors (Lipinski definition) is 0. The van der Waals surface area contributed by atoms with Gasteiger partial charge in [0, 0.05) is 12.5 Å². The molecule has 0 aliphatic rings. The number of rotatable bonds is 3. The van der Waals surface area contributed by atoms with Crippen LogP contribution >= 0.6 is 11.5 Å². The number of nitrogens with zero attached hydrogens (tertiary/aromatic N) is 2. The van der Waals surface area contributed by atoms with Crippen molar-refractivity contribution in [1.29, 1.82) is 0 Å². The Morgan fingerprint density at radius 2 is 2.19 bits per heavy atom. The van der Waals surface area contributed by atoms with Gasteiger partial charge in [-0.25, -0.2) is 8.78 Å². The average Bonchev–Trinajstić information content (AvgIpc) is 2.75. The SMILES string of the molecule is O=C(Cc1ccc(F)cc1F)c1cnns1. The van der Waals surface area contributed by atoms with Crippen molar-refractivity contribution in [3.8, 4) is 0 Å². The second-order valence-corrected chi connectivity index (χ2v) is 3.90. The maximum atomic E-state index is 13.2. The van der Waals surface area contributed by atoms with E-state index >= 15 is 0 Å². The van der Waals surface area contributed by atoms with Crippen LogP contribution in [0.4, 0.5) is 8.78 Å². The highest BCUT2D eigenvalue weighted by atomic mass is 32.1. The lowest BCUT2D eigenvalue weighted by Crippen LogP contribution is -2.03. The smallest absolute Gasteiger partial charge is 0.180 e. The zero-order chi connectivity index (χ0) is 11.5. The number of aromatic nitrogens is 2. The molecule has 82 valence electrons. The van der Waals surface area contributed by atoms with E-state index in [0.717, 1.165) is 23.7 Å². The Morgan fingerprint density at radius 1 is 1.38 bits per heavy atom. The predicted molar refractivity (Wildman–Crippen MR) is 54.3 cm³/mol. The van der Waals surface area contributed by atoms with Gasteiger partial charge in [0.2, 0.25) is 0 Å². The van der Waals surface area contributed by atoms with E-state index in [1.807, 2.05) is 0 Å². The van der Waals surface area contributed by atoms with Gasteiger partial charge in [-0.05, 0) is 23.2 Å². The minimum atomic E-state index is -0.717. The molecule has 0 N–H and O–H groups in total. The molecule has 0 bridgehead atoms. The van der Waals surface area contributed by atoms with E-state index in [1.165, 1.54) is 12.3 Å². The molecule has 1 aromatic heterocycles. The molecule has 2 rings (SSSR count). The lowest BCUT2D eigenvalue weighted by molar-refractivity contribution is 0.0995. The predicted octanol–water partition coefficient (Wildman–Crippen LogP) is 2.24. The largest absolute Gasteiger partial charge is 0.293 e. The Labute approximate surface area is 93.9 Å². The summed E-state index contributed by atoms with van der Waals surface area (Å²) in [6.07, 6.45) is 1.21. The number of ketones is 1. The summed E-state index contributed by atoms with van der Waals surface area (Å²) < 4.78 is 29.4. The first kappa shape index (κ1) is 10.8. The number of halogens is 2. The van der Waals surface area contributed by atoms with Gasteiger partial charge in [-0.15, -0.1) is 5.10 Å². The molecule has 0 fully saturated rings. The van der Waals surface area contributed by atoms with E-state index in [1.54, 1.807) is 0 Å². The molecule has 1 aromatic carbocycles. The van der Waals surface area contributed by atoms with Gasteiger partial charge < -0.3 is 0 Å². The Bertz CT molecular complexity index is 514. The van der Waals surface area contributed by atoms with Gasteiger partial charge in [0.05, 0.1) is 6.20 Å². The van der Waals surface area contributed by atoms with Gasteiger partial charge >= 0.3 is 0 Å². The highest BCUT2D eigenvalue weighted by molar-refractivity contribution is 7.07. The summed E-state index contributed by atoms with van der Waals surface area (Å²) in [6, 6.07) is 3.14. The molecule has 1 heterocycles. The Balaban J connectivity index is 2.18. The van der Waals surface area contributed by atoms with Crippen LogP contribution < -0.4 is 0 Å². The summed E-state index contributed by atoms with van der Waals surface area (Å²) in [6.45, 7) is 0. The number of Topliss-reactive ketones (excluding diaryl/α,β-unsaturated/α-hetero) is 1. The number of hydrogen-bond acceptors (Lipinski definition) is 4. The third kappa shape index (κ3) is 2.27. The molecule has 2 aromatic rings. The first-order valence-corrected chi connectivity index (χ1v) is 5.18. The quantitative estimate of drug-likeness (QED) is 0.773. The Hall–Kier alpha value is -1.69. The molecule has 16 heavy (non-hydrogen) atoms. The monoisotopic (exact) mass is 240 g/mol. The van der Waals surface area contributed by atoms with E-state index in [9.17, 15) is 13.6 Å². The molecular weight excluding hydrogens is 234 g/mol. The van der Waals surface area contributed by atoms with Crippen LogP contribution in [0, 0.1) is 11.6 Å². The summed E-state index contributed by atoms with van der Waals surface area (Å²) in [5, 5.41) is 3.52. The van der Waals surface area contributed by atoms with E-state index < -0.39 is 11.6 Å². The Kier molecular flexibility index (Phi) is 3.00. The maximum Gasteiger partial charge on any atom is 0.180 e. The lowest BCUT2D eigenvalue weighted by Gasteiger charge is -2.00. The molecule has 0 saturated carbocycles. The summed E-state index contributed by atoms with van der Waals surface area (Å²) in [5.41, 5.74) is 0.166. The zero-order valence-electron chi connectivity index (χ0n) is 7.98. The van der Waals surface area contributed by atoms with Crippen molar-refractivity contribution in [2.24, 2.45) is 0 Å². The molecule has 0 unspecified atom stereocenters. The fourth-order valence-electron chi connectivity index (χ4n) is 1.22. The number of benzene rings is 1. The van der Waals surface area contributed by atoms with E-state index in [4.69, 9.17) is 0 Å². The van der Waals surface area contributed by atoms with Gasteiger partial charge in [-0.1, -0.05) is 10.6 Å². The molecule has 0 amide bonds. The van der Waals surface area contributed by atoms with Crippen LogP contribution in [0.5, 0.6) is 0 Å². The number of carbonyl (C=O) groups excluding carboxylic acids is 1. The minimum Gasteiger partial charge on any atom is -0.293 e. The molecule has 0 aliphatic heterocycles. The molecule has 3 nitrogen and oxygen atoms in total. The van der Waals surface area contributed by atoms with Gasteiger partial charge in [0.15, 0.2) is 5.78 Å². The van der Waals surface area contributed by atoms with Crippen LogP contribution in [0.3, 0.4) is 0 Å². The average molecular weight is 240 g/mol. The Morgan fingerprint density at radius 3 is 2.81 bits per heavy atom. The maximum absolute atomic E-state index is 13.2. The normalized spacial score (nSPS) is 10.4. The molecule has 6 heteroatoms. The van der Waals surface area contributed by atoms with Crippen molar-refractivity contribution in [2.75, 3.05) is 0 Å². The first-order chi connectivity index (χ1) is 7.66. The molecule has 0 spiro atoms. The van der Waals surface area contributed by atoms with E-state index in [-0.39, 0.29) is 17.8 Å². The minimum absolute atomic E-state index is 0.115. The van der Waals surface area contributed by atoms with Crippen molar-refractivity contribution < 1.29 is 13.6 Å². The van der Waals surface area contributed by atoms with Crippen molar-refractivity contribution >= 4 is 17.3 Å². The highest BCUT2D eigenvalue weighted by Crippen LogP contribution is 2.13. The van der Waals surface area contributed by atoms with Crippen LogP contribution in [0.25, 0.3) is 0 Å². The summed E-state index contributed by atoms with van der Waals surface area (Å²) in [5.74, 6) is -1.65. The fraction of sp³-hybridized carbons (Fsp3) is 0.100. The van der Waals surface area contributed by atoms with Crippen LogP contribution in [0.1, 0.15) is 15.2 Å². The van der Waals surface area contributed by atoms with Crippen molar-refractivity contribution in [3.05, 3.63) is 46.5 Å². The molecule has 0 saturated heterocycles. The third-order valence-corrected chi connectivity index (χ3v) is 2.71. The zero-order valence-corrected chi connectivity index (χ0v) is 8.80. The lowest BCUT2D eigenvalue weighted by atomic mass is 10.1. The van der Waals surface area contributed by atoms with Crippen LogP contribution in [0.2, 0.25) is 0 Å². The van der Waals surface area contributed by atoms with Crippen LogP contribution in [-0.4, -0.2) is 15.4 Å². The van der Waals surface area contributed by atoms with Gasteiger partial charge in [0.1, 0.15) is 16.5 Å². The van der Waals surface area contributed by atoms with Crippen molar-refractivity contribution in [2.45, 2.75) is 6.42 Å². The van der Waals surface area contributed by atoms with Crippen LogP contribution in [0.15, 0.2) is 24.4 Å². The fourth-order valence-corrected chi connectivity index (χ4v) is 1.67. The highest BCUT2D eigenvalue weighted by Gasteiger charge is 2.12. The first-order valence-electron chi connectivity index (χ1n) is 4.41. The summed E-state index contributed by atoms with van der Waals surface area (Å²) in [4.78, 5) is 11.9. The third-order valence-electron chi connectivity index (χ3n) is 2.00. The topological polar surface area (TPSA) is 42.9 Å². The second-order valence-electron chi connectivity index (χ2n) is 3.12. The summed E-state index contributed by atoms with van der Waals surface area (Å²) in [7, 11) is 0. The standard InChI is InChI=1S/C10H6F2N2OS/c11-7-2-1-6(8(12)4-7)3-9(15)10-5-13-14-16-10/h1-2,4-5H,3H2.